The highest BCUT2D eigenvalue weighted by molar-refractivity contribution is 6.04. The smallest absolute Gasteiger partial charge is 0.257 e. The third-order valence-electron chi connectivity index (χ3n) is 6.11. The maximum atomic E-state index is 12.6. The third kappa shape index (κ3) is 4.88. The van der Waals surface area contributed by atoms with Crippen molar-refractivity contribution in [3.63, 3.8) is 0 Å². The van der Waals surface area contributed by atoms with Crippen molar-refractivity contribution in [1.82, 2.24) is 9.88 Å². The van der Waals surface area contributed by atoms with Crippen molar-refractivity contribution in [3.05, 3.63) is 48.2 Å². The number of hydrogen-bond donors (Lipinski definition) is 1. The number of amides is 1. The molecule has 0 unspecified atom stereocenters. The van der Waals surface area contributed by atoms with Gasteiger partial charge in [-0.1, -0.05) is 6.92 Å². The predicted octanol–water partition coefficient (Wildman–Crippen LogP) is 3.32. The second kappa shape index (κ2) is 8.82. The molecule has 154 valence electrons. The lowest BCUT2D eigenvalue weighted by Crippen LogP contribution is -2.44. The number of pyridine rings is 1. The second-order valence-electron chi connectivity index (χ2n) is 8.37. The summed E-state index contributed by atoms with van der Waals surface area (Å²) >= 11 is 0. The number of carbonyl (C=O) groups is 1. The van der Waals surface area contributed by atoms with Gasteiger partial charge in [0.25, 0.3) is 5.91 Å². The van der Waals surface area contributed by atoms with Crippen molar-refractivity contribution in [2.45, 2.75) is 19.8 Å². The van der Waals surface area contributed by atoms with Crippen molar-refractivity contribution >= 4 is 23.1 Å². The highest BCUT2D eigenvalue weighted by Crippen LogP contribution is 2.22. The van der Waals surface area contributed by atoms with Crippen LogP contribution in [0.5, 0.6) is 0 Å². The molecule has 0 spiro atoms. The molecule has 2 fully saturated rings. The molecule has 2 aliphatic rings. The summed E-state index contributed by atoms with van der Waals surface area (Å²) < 4.78 is 0. The molecule has 29 heavy (non-hydrogen) atoms. The van der Waals surface area contributed by atoms with Crippen LogP contribution >= 0.6 is 0 Å². The van der Waals surface area contributed by atoms with Gasteiger partial charge in [0, 0.05) is 56.8 Å². The van der Waals surface area contributed by atoms with Gasteiger partial charge >= 0.3 is 0 Å². The summed E-state index contributed by atoms with van der Waals surface area (Å²) in [4.78, 5) is 24.1. The molecule has 1 amide bonds. The van der Waals surface area contributed by atoms with Gasteiger partial charge in [-0.25, -0.2) is 4.98 Å². The monoisotopic (exact) mass is 393 g/mol. The zero-order valence-electron chi connectivity index (χ0n) is 17.5. The fraction of sp³-hybridized carbons (Fsp3) is 0.478. The summed E-state index contributed by atoms with van der Waals surface area (Å²) in [6.45, 7) is 8.62. The first-order chi connectivity index (χ1) is 14.1. The molecule has 0 saturated carbocycles. The van der Waals surface area contributed by atoms with Gasteiger partial charge in [0.1, 0.15) is 5.82 Å². The Hall–Kier alpha value is -2.60. The molecule has 0 atom stereocenters. The van der Waals surface area contributed by atoms with E-state index in [0.717, 1.165) is 56.7 Å². The average molecular weight is 394 g/mol. The third-order valence-corrected chi connectivity index (χ3v) is 6.11. The van der Waals surface area contributed by atoms with E-state index in [1.807, 2.05) is 24.3 Å². The highest BCUT2D eigenvalue weighted by atomic mass is 16.1. The molecule has 0 bridgehead atoms. The van der Waals surface area contributed by atoms with Crippen LogP contribution in [0.25, 0.3) is 0 Å². The van der Waals surface area contributed by atoms with Crippen molar-refractivity contribution < 1.29 is 4.79 Å². The van der Waals surface area contributed by atoms with Crippen LogP contribution in [0.2, 0.25) is 0 Å². The lowest BCUT2D eigenvalue weighted by atomic mass is 9.99. The number of rotatable bonds is 4. The van der Waals surface area contributed by atoms with E-state index in [1.165, 1.54) is 18.5 Å². The number of hydrogen-bond acceptors (Lipinski definition) is 5. The van der Waals surface area contributed by atoms with E-state index in [2.05, 4.69) is 51.1 Å². The molecule has 0 aliphatic carbocycles. The first kappa shape index (κ1) is 19.7. The Kier molecular flexibility index (Phi) is 6.00. The van der Waals surface area contributed by atoms with Crippen LogP contribution < -0.4 is 15.1 Å². The van der Waals surface area contributed by atoms with E-state index in [-0.39, 0.29) is 5.91 Å². The van der Waals surface area contributed by atoms with E-state index < -0.39 is 0 Å². The molecule has 4 rings (SSSR count). The van der Waals surface area contributed by atoms with E-state index in [1.54, 1.807) is 6.20 Å². The van der Waals surface area contributed by atoms with Crippen molar-refractivity contribution in [2.75, 3.05) is 61.4 Å². The van der Waals surface area contributed by atoms with Gasteiger partial charge < -0.3 is 20.0 Å². The normalized spacial score (nSPS) is 18.7. The molecule has 2 aliphatic heterocycles. The highest BCUT2D eigenvalue weighted by Gasteiger charge is 2.18. The number of benzene rings is 1. The molecule has 1 aromatic carbocycles. The van der Waals surface area contributed by atoms with Crippen LogP contribution in [0.3, 0.4) is 0 Å². The maximum absolute atomic E-state index is 12.6. The van der Waals surface area contributed by atoms with Gasteiger partial charge in [-0.15, -0.1) is 0 Å². The van der Waals surface area contributed by atoms with Crippen LogP contribution in [-0.4, -0.2) is 62.1 Å². The van der Waals surface area contributed by atoms with Gasteiger partial charge in [-0.2, -0.15) is 0 Å². The number of piperazine rings is 1. The van der Waals surface area contributed by atoms with Crippen LogP contribution in [-0.2, 0) is 0 Å². The van der Waals surface area contributed by atoms with Crippen LogP contribution in [0.15, 0.2) is 42.6 Å². The molecular formula is C23H31N5O. The minimum Gasteiger partial charge on any atom is -0.369 e. The zero-order valence-corrected chi connectivity index (χ0v) is 17.5. The SMILES string of the molecule is CC1CCN(c2ccc(C(=O)Nc3ccc(N4CCN(C)CC4)cc3)cn2)CC1. The fourth-order valence-electron chi connectivity index (χ4n) is 3.97. The number of carbonyl (C=O) groups excluding carboxylic acids is 1. The number of anilines is 3. The summed E-state index contributed by atoms with van der Waals surface area (Å²) in [6, 6.07) is 11.9. The van der Waals surface area contributed by atoms with Crippen molar-refractivity contribution in [1.29, 1.82) is 0 Å². The van der Waals surface area contributed by atoms with E-state index in [4.69, 9.17) is 0 Å². The molecule has 0 radical (unpaired) electrons. The quantitative estimate of drug-likeness (QED) is 0.864. The zero-order chi connectivity index (χ0) is 20.2. The summed E-state index contributed by atoms with van der Waals surface area (Å²) in [5, 5.41) is 2.98. The predicted molar refractivity (Wildman–Crippen MR) is 119 cm³/mol. The Labute approximate surface area is 173 Å². The topological polar surface area (TPSA) is 51.7 Å². The molecule has 6 heteroatoms. The van der Waals surface area contributed by atoms with Crippen LogP contribution in [0.4, 0.5) is 17.2 Å². The summed E-state index contributed by atoms with van der Waals surface area (Å²) in [7, 11) is 2.16. The average Bonchev–Trinajstić information content (AvgIpc) is 2.76. The first-order valence-corrected chi connectivity index (χ1v) is 10.6. The van der Waals surface area contributed by atoms with Crippen molar-refractivity contribution in [2.24, 2.45) is 5.92 Å². The fourth-order valence-corrected chi connectivity index (χ4v) is 3.97. The maximum Gasteiger partial charge on any atom is 0.257 e. The summed E-state index contributed by atoms with van der Waals surface area (Å²) in [5.74, 6) is 1.63. The van der Waals surface area contributed by atoms with E-state index in [9.17, 15) is 4.79 Å². The van der Waals surface area contributed by atoms with E-state index >= 15 is 0 Å². The Bertz CT molecular complexity index is 804. The first-order valence-electron chi connectivity index (χ1n) is 10.6. The van der Waals surface area contributed by atoms with Gasteiger partial charge in [0.15, 0.2) is 0 Å². The summed E-state index contributed by atoms with van der Waals surface area (Å²) in [6.07, 6.45) is 4.09. The second-order valence-corrected chi connectivity index (χ2v) is 8.37. The Morgan fingerprint density at radius 1 is 0.931 bits per heavy atom. The molecule has 2 saturated heterocycles. The molecule has 1 aromatic heterocycles. The van der Waals surface area contributed by atoms with Gasteiger partial charge in [0.05, 0.1) is 5.56 Å². The Balaban J connectivity index is 1.34. The van der Waals surface area contributed by atoms with Crippen LogP contribution in [0, 0.1) is 5.92 Å². The number of nitrogens with one attached hydrogen (secondary N) is 1. The minimum atomic E-state index is -0.122. The van der Waals surface area contributed by atoms with E-state index in [0.29, 0.717) is 5.56 Å². The van der Waals surface area contributed by atoms with Gasteiger partial charge in [-0.3, -0.25) is 4.79 Å². The van der Waals surface area contributed by atoms with Crippen molar-refractivity contribution in [3.8, 4) is 0 Å². The molecular weight excluding hydrogens is 362 g/mol. The molecule has 1 N–H and O–H groups in total. The molecule has 3 heterocycles. The Morgan fingerprint density at radius 2 is 1.62 bits per heavy atom. The Morgan fingerprint density at radius 3 is 2.24 bits per heavy atom. The number of aromatic nitrogens is 1. The lowest BCUT2D eigenvalue weighted by molar-refractivity contribution is 0.102. The lowest BCUT2D eigenvalue weighted by Gasteiger charge is -2.34. The molecule has 2 aromatic rings. The summed E-state index contributed by atoms with van der Waals surface area (Å²) in [5.41, 5.74) is 2.60. The number of piperidine rings is 1. The van der Waals surface area contributed by atoms with Gasteiger partial charge in [0.2, 0.25) is 0 Å². The largest absolute Gasteiger partial charge is 0.369 e. The number of nitrogens with zero attached hydrogens (tertiary/aromatic N) is 4. The van der Waals surface area contributed by atoms with Gasteiger partial charge in [-0.05, 0) is 62.2 Å². The minimum absolute atomic E-state index is 0.122. The molecule has 6 nitrogen and oxygen atoms in total. The standard InChI is InChI=1S/C23H31N5O/c1-18-9-11-28(12-10-18)22-8-3-19(17-24-22)23(29)25-20-4-6-21(7-5-20)27-15-13-26(2)14-16-27/h3-8,17-18H,9-16H2,1-2H3,(H,25,29). The number of likely N-dealkylation sites (N-methyl/N-ethyl adjacent to an activating group) is 1. The van der Waals surface area contributed by atoms with Crippen LogP contribution in [0.1, 0.15) is 30.1 Å².